The average molecular weight is 247 g/mol. The molecular weight excluding hydrogens is 235 g/mol. The largest absolute Gasteiger partial charge is 0.480 e. The molecule has 4 heteroatoms. The molecule has 0 amide bonds. The summed E-state index contributed by atoms with van der Waals surface area (Å²) in [5.41, 5.74) is 0. The summed E-state index contributed by atoms with van der Waals surface area (Å²) in [5, 5.41) is 0.830. The predicted octanol–water partition coefficient (Wildman–Crippen LogP) is 3.74. The van der Waals surface area contributed by atoms with Gasteiger partial charge in [0.15, 0.2) is 17.6 Å². The van der Waals surface area contributed by atoms with Gasteiger partial charge in [0.25, 0.3) is 0 Å². The van der Waals surface area contributed by atoms with E-state index in [9.17, 15) is 4.79 Å². The van der Waals surface area contributed by atoms with Gasteiger partial charge in [-0.2, -0.15) is 0 Å². The lowest BCUT2D eigenvalue weighted by Crippen LogP contribution is -2.23. The van der Waals surface area contributed by atoms with E-state index < -0.39 is 6.10 Å². The molecule has 0 aliphatic rings. The quantitative estimate of drug-likeness (QED) is 0.810. The van der Waals surface area contributed by atoms with Crippen LogP contribution in [0.4, 0.5) is 0 Å². The summed E-state index contributed by atoms with van der Waals surface area (Å²) < 4.78 is 5.42. The molecule has 0 radical (unpaired) electrons. The van der Waals surface area contributed by atoms with Gasteiger partial charge >= 0.3 is 0 Å². The minimum absolute atomic E-state index is 0.0194. The second-order valence-corrected chi connectivity index (χ2v) is 3.95. The third-order valence-corrected chi connectivity index (χ3v) is 2.61. The molecule has 1 atom stereocenters. The third-order valence-electron chi connectivity index (χ3n) is 2.02. The van der Waals surface area contributed by atoms with Gasteiger partial charge in [0.2, 0.25) is 0 Å². The SMILES string of the molecule is CCC(=O)C(C)Oc1c(Cl)cccc1Cl. The predicted molar refractivity (Wildman–Crippen MR) is 61.9 cm³/mol. The Hall–Kier alpha value is -0.730. The number of hydrogen-bond donors (Lipinski definition) is 0. The minimum atomic E-state index is -0.521. The summed E-state index contributed by atoms with van der Waals surface area (Å²) in [6.45, 7) is 3.47. The third kappa shape index (κ3) is 3.11. The van der Waals surface area contributed by atoms with Crippen LogP contribution in [0, 0.1) is 0 Å². The zero-order valence-corrected chi connectivity index (χ0v) is 10.1. The fourth-order valence-corrected chi connectivity index (χ4v) is 1.61. The van der Waals surface area contributed by atoms with E-state index in [4.69, 9.17) is 27.9 Å². The normalized spacial score (nSPS) is 12.3. The standard InChI is InChI=1S/C11H12Cl2O2/c1-3-10(14)7(2)15-11-8(12)5-4-6-9(11)13/h4-7H,3H2,1-2H3. The van der Waals surface area contributed by atoms with Gasteiger partial charge in [-0.05, 0) is 19.1 Å². The molecule has 0 aromatic heterocycles. The van der Waals surface area contributed by atoms with Gasteiger partial charge in [-0.3, -0.25) is 4.79 Å². The number of carbonyl (C=O) groups is 1. The van der Waals surface area contributed by atoms with Crippen LogP contribution in [0.25, 0.3) is 0 Å². The van der Waals surface area contributed by atoms with Gasteiger partial charge in [0.1, 0.15) is 0 Å². The molecule has 1 aromatic carbocycles. The Balaban J connectivity index is 2.85. The monoisotopic (exact) mass is 246 g/mol. The van der Waals surface area contributed by atoms with E-state index >= 15 is 0 Å². The number of ketones is 1. The molecule has 15 heavy (non-hydrogen) atoms. The van der Waals surface area contributed by atoms with Crippen molar-refractivity contribution in [2.75, 3.05) is 0 Å². The van der Waals surface area contributed by atoms with Crippen molar-refractivity contribution in [3.8, 4) is 5.75 Å². The number of benzene rings is 1. The lowest BCUT2D eigenvalue weighted by molar-refractivity contribution is -0.124. The number of rotatable bonds is 4. The summed E-state index contributed by atoms with van der Waals surface area (Å²) in [6, 6.07) is 5.07. The highest BCUT2D eigenvalue weighted by atomic mass is 35.5. The summed E-state index contributed by atoms with van der Waals surface area (Å²) in [4.78, 5) is 11.3. The van der Waals surface area contributed by atoms with Crippen molar-refractivity contribution in [1.82, 2.24) is 0 Å². The van der Waals surface area contributed by atoms with Crippen LogP contribution >= 0.6 is 23.2 Å². The number of ether oxygens (including phenoxy) is 1. The first-order valence-corrected chi connectivity index (χ1v) is 5.45. The van der Waals surface area contributed by atoms with E-state index in [0.29, 0.717) is 22.2 Å². The van der Waals surface area contributed by atoms with E-state index in [1.165, 1.54) is 0 Å². The number of para-hydroxylation sites is 1. The molecule has 0 saturated carbocycles. The molecule has 0 aliphatic carbocycles. The van der Waals surface area contributed by atoms with Crippen LogP contribution in [0.3, 0.4) is 0 Å². The highest BCUT2D eigenvalue weighted by molar-refractivity contribution is 6.37. The summed E-state index contributed by atoms with van der Waals surface area (Å²) in [7, 11) is 0. The zero-order valence-electron chi connectivity index (χ0n) is 8.59. The van der Waals surface area contributed by atoms with Gasteiger partial charge in [0, 0.05) is 6.42 Å². The Morgan fingerprint density at radius 1 is 1.40 bits per heavy atom. The van der Waals surface area contributed by atoms with Crippen molar-refractivity contribution in [2.24, 2.45) is 0 Å². The number of halogens is 2. The molecule has 0 heterocycles. The summed E-state index contributed by atoms with van der Waals surface area (Å²) in [6.07, 6.45) is -0.0872. The molecule has 0 bridgehead atoms. The van der Waals surface area contributed by atoms with Crippen molar-refractivity contribution in [1.29, 1.82) is 0 Å². The molecule has 82 valence electrons. The molecule has 0 N–H and O–H groups in total. The first-order chi connectivity index (χ1) is 7.06. The lowest BCUT2D eigenvalue weighted by Gasteiger charge is -2.14. The second kappa shape index (κ2) is 5.38. The first kappa shape index (κ1) is 12.3. The van der Waals surface area contributed by atoms with Crippen molar-refractivity contribution in [2.45, 2.75) is 26.4 Å². The van der Waals surface area contributed by atoms with Gasteiger partial charge in [0.05, 0.1) is 10.0 Å². The van der Waals surface area contributed by atoms with Gasteiger partial charge in [-0.15, -0.1) is 0 Å². The van der Waals surface area contributed by atoms with Crippen LogP contribution in [-0.4, -0.2) is 11.9 Å². The molecule has 0 aliphatic heterocycles. The van der Waals surface area contributed by atoms with E-state index in [-0.39, 0.29) is 5.78 Å². The fraction of sp³-hybridized carbons (Fsp3) is 0.364. The zero-order chi connectivity index (χ0) is 11.4. The second-order valence-electron chi connectivity index (χ2n) is 3.13. The maximum absolute atomic E-state index is 11.3. The lowest BCUT2D eigenvalue weighted by atomic mass is 10.2. The number of Topliss-reactive ketones (excluding diaryl/α,β-unsaturated/α-hetero) is 1. The molecule has 0 spiro atoms. The molecule has 0 saturated heterocycles. The van der Waals surface area contributed by atoms with E-state index in [1.807, 2.05) is 0 Å². The molecule has 0 fully saturated rings. The van der Waals surface area contributed by atoms with Gasteiger partial charge in [-0.1, -0.05) is 36.2 Å². The van der Waals surface area contributed by atoms with Crippen LogP contribution in [0.2, 0.25) is 10.0 Å². The smallest absolute Gasteiger partial charge is 0.172 e. The summed E-state index contributed by atoms with van der Waals surface area (Å²) in [5.74, 6) is 0.390. The number of carbonyl (C=O) groups excluding carboxylic acids is 1. The Bertz CT molecular complexity index is 343. The molecular formula is C11H12Cl2O2. The van der Waals surface area contributed by atoms with Crippen LogP contribution in [0.1, 0.15) is 20.3 Å². The van der Waals surface area contributed by atoms with Crippen LogP contribution in [-0.2, 0) is 4.79 Å². The highest BCUT2D eigenvalue weighted by Crippen LogP contribution is 2.33. The molecule has 1 unspecified atom stereocenters. The topological polar surface area (TPSA) is 26.3 Å². The van der Waals surface area contributed by atoms with Crippen molar-refractivity contribution in [3.63, 3.8) is 0 Å². The maximum atomic E-state index is 11.3. The van der Waals surface area contributed by atoms with E-state index in [0.717, 1.165) is 0 Å². The van der Waals surface area contributed by atoms with Crippen LogP contribution < -0.4 is 4.74 Å². The number of hydrogen-bond acceptors (Lipinski definition) is 2. The fourth-order valence-electron chi connectivity index (χ4n) is 1.13. The van der Waals surface area contributed by atoms with Gasteiger partial charge < -0.3 is 4.74 Å². The van der Waals surface area contributed by atoms with Crippen LogP contribution in [0.15, 0.2) is 18.2 Å². The summed E-state index contributed by atoms with van der Waals surface area (Å²) >= 11 is 11.8. The Labute approximate surface area is 99.1 Å². The van der Waals surface area contributed by atoms with Crippen molar-refractivity contribution >= 4 is 29.0 Å². The Kier molecular flexibility index (Phi) is 4.43. The minimum Gasteiger partial charge on any atom is -0.480 e. The highest BCUT2D eigenvalue weighted by Gasteiger charge is 2.15. The average Bonchev–Trinajstić information content (AvgIpc) is 2.22. The van der Waals surface area contributed by atoms with Gasteiger partial charge in [-0.25, -0.2) is 0 Å². The van der Waals surface area contributed by atoms with Crippen molar-refractivity contribution < 1.29 is 9.53 Å². The molecule has 1 aromatic rings. The molecule has 1 rings (SSSR count). The van der Waals surface area contributed by atoms with Crippen molar-refractivity contribution in [3.05, 3.63) is 28.2 Å². The maximum Gasteiger partial charge on any atom is 0.172 e. The van der Waals surface area contributed by atoms with Crippen LogP contribution in [0.5, 0.6) is 5.75 Å². The Morgan fingerprint density at radius 2 is 1.93 bits per heavy atom. The molecule has 2 nitrogen and oxygen atoms in total. The Morgan fingerprint density at radius 3 is 2.40 bits per heavy atom. The van der Waals surface area contributed by atoms with E-state index in [1.54, 1.807) is 32.0 Å². The van der Waals surface area contributed by atoms with E-state index in [2.05, 4.69) is 0 Å². The first-order valence-electron chi connectivity index (χ1n) is 4.69.